The van der Waals surface area contributed by atoms with Gasteiger partial charge in [-0.1, -0.05) is 48.5 Å². The molecule has 8 heteroatoms. The lowest BCUT2D eigenvalue weighted by Gasteiger charge is -2.24. The van der Waals surface area contributed by atoms with Crippen molar-refractivity contribution < 1.29 is 14.0 Å². The first-order valence-electron chi connectivity index (χ1n) is 11.4. The third kappa shape index (κ3) is 6.64. The van der Waals surface area contributed by atoms with E-state index < -0.39 is 6.04 Å². The van der Waals surface area contributed by atoms with Crippen LogP contribution >= 0.6 is 11.3 Å². The number of thiophene rings is 1. The largest absolute Gasteiger partial charge is 0.344 e. The van der Waals surface area contributed by atoms with Crippen molar-refractivity contribution >= 4 is 23.2 Å². The molecule has 4 aromatic rings. The number of nitrogens with zero attached hydrogens (tertiary/aromatic N) is 2. The summed E-state index contributed by atoms with van der Waals surface area (Å²) in [7, 11) is 1.75. The van der Waals surface area contributed by atoms with E-state index in [1.165, 1.54) is 23.5 Å². The van der Waals surface area contributed by atoms with Crippen molar-refractivity contribution in [2.24, 2.45) is 0 Å². The second-order valence-electron chi connectivity index (χ2n) is 8.35. The van der Waals surface area contributed by atoms with Crippen LogP contribution in [0.25, 0.3) is 11.3 Å². The molecule has 2 heterocycles. The molecule has 0 aliphatic carbocycles. The molecule has 35 heavy (non-hydrogen) atoms. The number of aryl methyl sites for hydroxylation is 1. The highest BCUT2D eigenvalue weighted by atomic mass is 32.1. The van der Waals surface area contributed by atoms with Crippen molar-refractivity contribution in [1.82, 2.24) is 20.4 Å². The molecular weight excluding hydrogens is 463 g/mol. The van der Waals surface area contributed by atoms with Gasteiger partial charge in [-0.15, -0.1) is 11.3 Å². The number of rotatable bonds is 10. The lowest BCUT2D eigenvalue weighted by molar-refractivity contribution is -0.132. The molecule has 0 spiro atoms. The van der Waals surface area contributed by atoms with Gasteiger partial charge in [-0.05, 0) is 48.1 Å². The number of halogens is 1. The summed E-state index contributed by atoms with van der Waals surface area (Å²) in [5.41, 5.74) is 3.29. The van der Waals surface area contributed by atoms with Crippen molar-refractivity contribution in [3.63, 3.8) is 0 Å². The average Bonchev–Trinajstić information content (AvgIpc) is 3.57. The highest BCUT2D eigenvalue weighted by Crippen LogP contribution is 2.19. The van der Waals surface area contributed by atoms with Gasteiger partial charge >= 0.3 is 0 Å². The molecule has 0 radical (unpaired) electrons. The molecule has 2 aromatic heterocycles. The molecule has 6 nitrogen and oxygen atoms in total. The fourth-order valence-corrected chi connectivity index (χ4v) is 4.48. The van der Waals surface area contributed by atoms with Crippen molar-refractivity contribution in [3.05, 3.63) is 100 Å². The molecule has 4 rings (SSSR count). The van der Waals surface area contributed by atoms with Gasteiger partial charge in [0, 0.05) is 31.3 Å². The Labute approximate surface area is 207 Å². The summed E-state index contributed by atoms with van der Waals surface area (Å²) in [5.74, 6) is -0.683. The van der Waals surface area contributed by atoms with Crippen LogP contribution in [0.5, 0.6) is 0 Å². The second-order valence-corrected chi connectivity index (χ2v) is 9.29. The Balaban J connectivity index is 1.35. The van der Waals surface area contributed by atoms with Gasteiger partial charge in [-0.3, -0.25) is 14.7 Å². The number of nitrogens with one attached hydrogen (secondary N) is 2. The summed E-state index contributed by atoms with van der Waals surface area (Å²) in [5, 5.41) is 12.0. The van der Waals surface area contributed by atoms with E-state index in [0.29, 0.717) is 41.9 Å². The molecule has 2 aromatic carbocycles. The number of amides is 2. The van der Waals surface area contributed by atoms with E-state index in [1.807, 2.05) is 53.9 Å². The topological polar surface area (TPSA) is 78.1 Å². The molecule has 0 fully saturated rings. The number of carbonyl (C=O) groups excluding carboxylic acids is 2. The Morgan fingerprint density at radius 3 is 2.66 bits per heavy atom. The minimum absolute atomic E-state index is 0.135. The molecule has 1 unspecified atom stereocenters. The number of likely N-dealkylation sites (N-methyl/N-ethyl adjacent to an activating group) is 1. The van der Waals surface area contributed by atoms with Crippen LogP contribution in [0.4, 0.5) is 4.39 Å². The molecule has 0 bridgehead atoms. The van der Waals surface area contributed by atoms with E-state index in [0.717, 1.165) is 11.3 Å². The van der Waals surface area contributed by atoms with Gasteiger partial charge < -0.3 is 10.2 Å². The van der Waals surface area contributed by atoms with Crippen molar-refractivity contribution in [2.45, 2.75) is 25.3 Å². The smallest absolute Gasteiger partial charge is 0.262 e. The molecule has 0 aliphatic heterocycles. The Kier molecular flexibility index (Phi) is 8.05. The van der Waals surface area contributed by atoms with E-state index in [-0.39, 0.29) is 17.6 Å². The van der Waals surface area contributed by atoms with Gasteiger partial charge in [0.1, 0.15) is 11.9 Å². The summed E-state index contributed by atoms with van der Waals surface area (Å²) in [6.07, 6.45) is 1.81. The molecule has 1 atom stereocenters. The van der Waals surface area contributed by atoms with Gasteiger partial charge in [-0.2, -0.15) is 5.10 Å². The fourth-order valence-electron chi connectivity index (χ4n) is 3.86. The van der Waals surface area contributed by atoms with E-state index >= 15 is 0 Å². The Hall–Kier alpha value is -3.78. The van der Waals surface area contributed by atoms with E-state index in [1.54, 1.807) is 24.1 Å². The van der Waals surface area contributed by atoms with Crippen LogP contribution < -0.4 is 5.32 Å². The Bertz CT molecular complexity index is 1260. The van der Waals surface area contributed by atoms with Crippen LogP contribution in [0.1, 0.15) is 27.3 Å². The average molecular weight is 491 g/mol. The van der Waals surface area contributed by atoms with E-state index in [9.17, 15) is 14.0 Å². The third-order valence-corrected chi connectivity index (χ3v) is 6.57. The molecular formula is C27H27FN4O2S. The van der Waals surface area contributed by atoms with Gasteiger partial charge in [0.2, 0.25) is 5.91 Å². The van der Waals surface area contributed by atoms with Crippen LogP contribution in [0.2, 0.25) is 0 Å². The number of hydrogen-bond donors (Lipinski definition) is 2. The molecule has 180 valence electrons. The normalized spacial score (nSPS) is 11.7. The second kappa shape index (κ2) is 11.6. The van der Waals surface area contributed by atoms with Crippen molar-refractivity contribution in [3.8, 4) is 11.3 Å². The number of carbonyl (C=O) groups is 2. The molecule has 0 aliphatic rings. The number of hydrogen-bond acceptors (Lipinski definition) is 4. The first-order chi connectivity index (χ1) is 17.0. The van der Waals surface area contributed by atoms with Gasteiger partial charge in [-0.25, -0.2) is 4.39 Å². The van der Waals surface area contributed by atoms with Gasteiger partial charge in [0.05, 0.1) is 10.6 Å². The maximum atomic E-state index is 13.5. The minimum Gasteiger partial charge on any atom is -0.344 e. The van der Waals surface area contributed by atoms with E-state index in [2.05, 4.69) is 15.5 Å². The number of benzene rings is 2. The number of H-pyrrole nitrogens is 1. The highest BCUT2D eigenvalue weighted by Gasteiger charge is 2.25. The molecule has 0 saturated carbocycles. The molecule has 2 N–H and O–H groups in total. The van der Waals surface area contributed by atoms with E-state index in [4.69, 9.17) is 0 Å². The Morgan fingerprint density at radius 2 is 1.91 bits per heavy atom. The zero-order valence-electron chi connectivity index (χ0n) is 19.4. The van der Waals surface area contributed by atoms with Crippen LogP contribution in [0.15, 0.2) is 78.2 Å². The van der Waals surface area contributed by atoms with Crippen LogP contribution in [0, 0.1) is 5.82 Å². The predicted octanol–water partition coefficient (Wildman–Crippen LogP) is 4.71. The van der Waals surface area contributed by atoms with Gasteiger partial charge in [0.15, 0.2) is 0 Å². The zero-order chi connectivity index (χ0) is 24.6. The first kappa shape index (κ1) is 24.3. The predicted molar refractivity (Wildman–Crippen MR) is 136 cm³/mol. The fraction of sp³-hybridized carbons (Fsp3) is 0.222. The number of aromatic nitrogens is 2. The summed E-state index contributed by atoms with van der Waals surface area (Å²) in [6.45, 7) is 0.521. The summed E-state index contributed by atoms with van der Waals surface area (Å²) in [4.78, 5) is 28.2. The lowest BCUT2D eigenvalue weighted by atomic mass is 10.0. The third-order valence-electron chi connectivity index (χ3n) is 5.70. The monoisotopic (exact) mass is 490 g/mol. The van der Waals surface area contributed by atoms with Crippen LogP contribution in [-0.4, -0.2) is 46.5 Å². The number of aromatic amines is 1. The lowest BCUT2D eigenvalue weighted by Crippen LogP contribution is -2.48. The highest BCUT2D eigenvalue weighted by molar-refractivity contribution is 7.12. The van der Waals surface area contributed by atoms with Crippen molar-refractivity contribution in [2.75, 3.05) is 13.6 Å². The van der Waals surface area contributed by atoms with Crippen LogP contribution in [0.3, 0.4) is 0 Å². The SMILES string of the molecule is CN(CCCc1cc(-c2cccc(F)c2)n[nH]1)C(=O)C(Cc1ccccc1)NC(=O)c1cccs1. The van der Waals surface area contributed by atoms with Gasteiger partial charge in [0.25, 0.3) is 5.91 Å². The van der Waals surface area contributed by atoms with Crippen molar-refractivity contribution in [1.29, 1.82) is 0 Å². The maximum absolute atomic E-state index is 13.5. The maximum Gasteiger partial charge on any atom is 0.262 e. The van der Waals surface area contributed by atoms with Crippen LogP contribution in [-0.2, 0) is 17.6 Å². The molecule has 2 amide bonds. The molecule has 0 saturated heterocycles. The standard InChI is InChI=1S/C27H27FN4O2S/c1-32(14-6-12-22-18-23(31-30-22)20-10-5-11-21(28)17-20)27(34)24(16-19-8-3-2-4-9-19)29-26(33)25-13-7-15-35-25/h2-5,7-11,13,15,17-18,24H,6,12,14,16H2,1H3,(H,29,33)(H,30,31). The summed E-state index contributed by atoms with van der Waals surface area (Å²) >= 11 is 1.34. The zero-order valence-corrected chi connectivity index (χ0v) is 20.2. The minimum atomic E-state index is -0.663. The quantitative estimate of drug-likeness (QED) is 0.338. The Morgan fingerprint density at radius 1 is 1.09 bits per heavy atom. The first-order valence-corrected chi connectivity index (χ1v) is 12.3. The summed E-state index contributed by atoms with van der Waals surface area (Å²) in [6, 6.07) is 20.8. The summed E-state index contributed by atoms with van der Waals surface area (Å²) < 4.78 is 13.5.